The van der Waals surface area contributed by atoms with E-state index in [-0.39, 0.29) is 11.8 Å². The summed E-state index contributed by atoms with van der Waals surface area (Å²) in [5.41, 5.74) is 2.49. The highest BCUT2D eigenvalue weighted by Gasteiger charge is 2.27. The van der Waals surface area contributed by atoms with E-state index in [4.69, 9.17) is 4.74 Å². The fourth-order valence-corrected chi connectivity index (χ4v) is 3.86. The Kier molecular flexibility index (Phi) is 5.32. The first kappa shape index (κ1) is 17.8. The SMILES string of the molecule is COc1ccccc1N1CCN(C(=O)c2n[nH]c(C(C)C)c2Br)CC1. The predicted octanol–water partition coefficient (Wildman–Crippen LogP) is 3.27. The first-order valence-corrected chi connectivity index (χ1v) is 9.23. The van der Waals surface area contributed by atoms with Crippen molar-refractivity contribution in [2.75, 3.05) is 38.2 Å². The third kappa shape index (κ3) is 3.51. The number of H-pyrrole nitrogens is 1. The van der Waals surface area contributed by atoms with Crippen molar-refractivity contribution >= 4 is 27.5 Å². The minimum Gasteiger partial charge on any atom is -0.495 e. The van der Waals surface area contributed by atoms with Crippen molar-refractivity contribution in [1.82, 2.24) is 15.1 Å². The van der Waals surface area contributed by atoms with Gasteiger partial charge in [-0.05, 0) is 34.0 Å². The zero-order valence-corrected chi connectivity index (χ0v) is 16.3. The van der Waals surface area contributed by atoms with Gasteiger partial charge in [0, 0.05) is 26.2 Å². The van der Waals surface area contributed by atoms with Crippen LogP contribution in [0.2, 0.25) is 0 Å². The van der Waals surface area contributed by atoms with Gasteiger partial charge in [-0.25, -0.2) is 0 Å². The molecule has 0 unspecified atom stereocenters. The number of amides is 1. The Bertz CT molecular complexity index is 751. The number of halogens is 1. The van der Waals surface area contributed by atoms with E-state index < -0.39 is 0 Å². The number of rotatable bonds is 4. The van der Waals surface area contributed by atoms with Gasteiger partial charge in [-0.1, -0.05) is 26.0 Å². The Balaban J connectivity index is 1.69. The number of ether oxygens (including phenoxy) is 1. The molecule has 1 amide bonds. The molecule has 0 radical (unpaired) electrons. The molecular formula is C18H23BrN4O2. The average Bonchev–Trinajstić information content (AvgIpc) is 3.03. The Morgan fingerprint density at radius 2 is 1.92 bits per heavy atom. The van der Waals surface area contributed by atoms with Crippen molar-refractivity contribution in [2.45, 2.75) is 19.8 Å². The molecule has 0 bridgehead atoms. The number of carbonyl (C=O) groups excluding carboxylic acids is 1. The van der Waals surface area contributed by atoms with Crippen molar-refractivity contribution < 1.29 is 9.53 Å². The summed E-state index contributed by atoms with van der Waals surface area (Å²) in [7, 11) is 1.68. The molecule has 1 aliphatic rings. The predicted molar refractivity (Wildman–Crippen MR) is 101 cm³/mol. The number of aromatic amines is 1. The lowest BCUT2D eigenvalue weighted by Gasteiger charge is -2.36. The largest absolute Gasteiger partial charge is 0.495 e. The van der Waals surface area contributed by atoms with Gasteiger partial charge in [-0.3, -0.25) is 9.89 Å². The molecule has 7 heteroatoms. The van der Waals surface area contributed by atoms with Crippen LogP contribution in [0.25, 0.3) is 0 Å². The molecule has 1 aliphatic heterocycles. The number of hydrogen-bond acceptors (Lipinski definition) is 4. The minimum atomic E-state index is -0.0327. The molecule has 6 nitrogen and oxygen atoms in total. The molecule has 0 aliphatic carbocycles. The number of hydrogen-bond donors (Lipinski definition) is 1. The van der Waals surface area contributed by atoms with Crippen LogP contribution in [-0.4, -0.2) is 54.3 Å². The first-order chi connectivity index (χ1) is 12.0. The zero-order chi connectivity index (χ0) is 18.0. The molecule has 0 saturated carbocycles. The van der Waals surface area contributed by atoms with Gasteiger partial charge in [0.1, 0.15) is 5.75 Å². The van der Waals surface area contributed by atoms with Gasteiger partial charge in [0.2, 0.25) is 0 Å². The first-order valence-electron chi connectivity index (χ1n) is 8.44. The summed E-state index contributed by atoms with van der Waals surface area (Å²) in [6.07, 6.45) is 0. The maximum absolute atomic E-state index is 12.8. The number of nitrogens with one attached hydrogen (secondary N) is 1. The van der Waals surface area contributed by atoms with E-state index in [2.05, 4.69) is 50.9 Å². The van der Waals surface area contributed by atoms with Gasteiger partial charge in [0.05, 0.1) is 23.0 Å². The van der Waals surface area contributed by atoms with Crippen LogP contribution in [0.3, 0.4) is 0 Å². The lowest BCUT2D eigenvalue weighted by Crippen LogP contribution is -2.49. The van der Waals surface area contributed by atoms with Crippen LogP contribution in [0, 0.1) is 0 Å². The summed E-state index contributed by atoms with van der Waals surface area (Å²) in [6, 6.07) is 7.98. The number of aromatic nitrogens is 2. The van der Waals surface area contributed by atoms with Gasteiger partial charge in [-0.15, -0.1) is 0 Å². The quantitative estimate of drug-likeness (QED) is 0.845. The van der Waals surface area contributed by atoms with Crippen molar-refractivity contribution in [3.63, 3.8) is 0 Å². The molecule has 134 valence electrons. The maximum atomic E-state index is 12.8. The number of piperazine rings is 1. The molecule has 2 heterocycles. The lowest BCUT2D eigenvalue weighted by molar-refractivity contribution is 0.0740. The number of para-hydroxylation sites is 2. The second-order valence-electron chi connectivity index (χ2n) is 6.41. The van der Waals surface area contributed by atoms with Crippen LogP contribution < -0.4 is 9.64 Å². The van der Waals surface area contributed by atoms with Crippen LogP contribution >= 0.6 is 15.9 Å². The van der Waals surface area contributed by atoms with E-state index in [1.807, 2.05) is 23.1 Å². The molecule has 0 atom stereocenters. The van der Waals surface area contributed by atoms with E-state index in [9.17, 15) is 4.79 Å². The topological polar surface area (TPSA) is 61.5 Å². The number of benzene rings is 1. The molecule has 0 spiro atoms. The summed E-state index contributed by atoms with van der Waals surface area (Å²) in [4.78, 5) is 16.9. The van der Waals surface area contributed by atoms with E-state index in [1.54, 1.807) is 7.11 Å². The average molecular weight is 407 g/mol. The Morgan fingerprint density at radius 1 is 1.24 bits per heavy atom. The highest BCUT2D eigenvalue weighted by atomic mass is 79.9. The van der Waals surface area contributed by atoms with E-state index >= 15 is 0 Å². The van der Waals surface area contributed by atoms with Crippen molar-refractivity contribution in [2.24, 2.45) is 0 Å². The Labute approximate surface area is 156 Å². The molecule has 25 heavy (non-hydrogen) atoms. The number of carbonyl (C=O) groups is 1. The second-order valence-corrected chi connectivity index (χ2v) is 7.20. The lowest BCUT2D eigenvalue weighted by atomic mass is 10.1. The second kappa shape index (κ2) is 7.47. The van der Waals surface area contributed by atoms with E-state index in [1.165, 1.54) is 0 Å². The maximum Gasteiger partial charge on any atom is 0.275 e. The van der Waals surface area contributed by atoms with Gasteiger partial charge in [0.15, 0.2) is 5.69 Å². The van der Waals surface area contributed by atoms with Crippen LogP contribution in [0.5, 0.6) is 5.75 Å². The smallest absolute Gasteiger partial charge is 0.275 e. The molecule has 1 aromatic heterocycles. The molecule has 1 aromatic carbocycles. The minimum absolute atomic E-state index is 0.0327. The molecule has 2 aromatic rings. The van der Waals surface area contributed by atoms with Gasteiger partial charge >= 0.3 is 0 Å². The van der Waals surface area contributed by atoms with Crippen LogP contribution in [0.4, 0.5) is 5.69 Å². The highest BCUT2D eigenvalue weighted by Crippen LogP contribution is 2.29. The van der Waals surface area contributed by atoms with Gasteiger partial charge in [0.25, 0.3) is 5.91 Å². The molecule has 3 rings (SSSR count). The number of anilines is 1. The Hall–Kier alpha value is -2.02. The van der Waals surface area contributed by atoms with Crippen LogP contribution in [0.1, 0.15) is 35.9 Å². The fraction of sp³-hybridized carbons (Fsp3) is 0.444. The van der Waals surface area contributed by atoms with Crippen LogP contribution in [-0.2, 0) is 0 Å². The molecule has 1 fully saturated rings. The summed E-state index contributed by atoms with van der Waals surface area (Å²) < 4.78 is 6.22. The van der Waals surface area contributed by atoms with Gasteiger partial charge < -0.3 is 14.5 Å². The molecule has 1 saturated heterocycles. The monoisotopic (exact) mass is 406 g/mol. The Morgan fingerprint density at radius 3 is 2.52 bits per heavy atom. The van der Waals surface area contributed by atoms with Crippen LogP contribution in [0.15, 0.2) is 28.7 Å². The zero-order valence-electron chi connectivity index (χ0n) is 14.8. The summed E-state index contributed by atoms with van der Waals surface area (Å²) >= 11 is 3.52. The number of methoxy groups -OCH3 is 1. The normalized spacial score (nSPS) is 14.9. The van der Waals surface area contributed by atoms with Crippen molar-refractivity contribution in [1.29, 1.82) is 0 Å². The van der Waals surface area contributed by atoms with E-state index in [0.29, 0.717) is 18.8 Å². The third-order valence-electron chi connectivity index (χ3n) is 4.51. The number of nitrogens with zero attached hydrogens (tertiary/aromatic N) is 3. The standard InChI is InChI=1S/C18H23BrN4O2/c1-12(2)16-15(19)17(21-20-16)18(24)23-10-8-22(9-11-23)13-6-4-5-7-14(13)25-3/h4-7,12H,8-11H2,1-3H3,(H,20,21). The van der Waals surface area contributed by atoms with Crippen molar-refractivity contribution in [3.05, 3.63) is 40.1 Å². The third-order valence-corrected chi connectivity index (χ3v) is 5.31. The van der Waals surface area contributed by atoms with Gasteiger partial charge in [-0.2, -0.15) is 5.10 Å². The summed E-state index contributed by atoms with van der Waals surface area (Å²) in [6.45, 7) is 6.99. The van der Waals surface area contributed by atoms with Crippen molar-refractivity contribution in [3.8, 4) is 5.75 Å². The molecular weight excluding hydrogens is 384 g/mol. The van der Waals surface area contributed by atoms with E-state index in [0.717, 1.165) is 34.7 Å². The summed E-state index contributed by atoms with van der Waals surface area (Å²) in [5.74, 6) is 1.11. The highest BCUT2D eigenvalue weighted by molar-refractivity contribution is 9.10. The fourth-order valence-electron chi connectivity index (χ4n) is 3.06. The molecule has 1 N–H and O–H groups in total. The summed E-state index contributed by atoms with van der Waals surface area (Å²) in [5, 5.41) is 7.19.